The van der Waals surface area contributed by atoms with Gasteiger partial charge in [0.05, 0.1) is 12.3 Å². The molecule has 1 aliphatic rings. The third kappa shape index (κ3) is 6.27. The lowest BCUT2D eigenvalue weighted by Crippen LogP contribution is -2.50. The lowest BCUT2D eigenvalue weighted by molar-refractivity contribution is -0.137. The fourth-order valence-corrected chi connectivity index (χ4v) is 2.69. The average Bonchev–Trinajstić information content (AvgIpc) is 2.59. The molecule has 1 aromatic rings. The Balaban J connectivity index is 1.96. The Labute approximate surface area is 159 Å². The monoisotopic (exact) mass is 378 g/mol. The van der Waals surface area contributed by atoms with Crippen LogP contribution in [-0.2, 0) is 14.3 Å². The second kappa shape index (κ2) is 8.88. The minimum Gasteiger partial charge on any atom is -0.463 e. The average molecular weight is 378 g/mol. The van der Waals surface area contributed by atoms with Crippen LogP contribution in [0.25, 0.3) is 6.08 Å². The summed E-state index contributed by atoms with van der Waals surface area (Å²) in [5.41, 5.74) is 0.525. The molecule has 0 bridgehead atoms. The highest BCUT2D eigenvalue weighted by Crippen LogP contribution is 2.23. The van der Waals surface area contributed by atoms with Gasteiger partial charge in [0, 0.05) is 32.3 Å². The largest absolute Gasteiger partial charge is 0.463 e. The summed E-state index contributed by atoms with van der Waals surface area (Å²) in [6.07, 6.45) is 2.45. The van der Waals surface area contributed by atoms with Gasteiger partial charge in [0.2, 0.25) is 0 Å². The van der Waals surface area contributed by atoms with E-state index in [9.17, 15) is 14.0 Å². The summed E-state index contributed by atoms with van der Waals surface area (Å²) in [5.74, 6) is -0.827. The van der Waals surface area contributed by atoms with Crippen LogP contribution in [0.5, 0.6) is 0 Å². The number of ether oxygens (including phenoxy) is 2. The second-order valence-corrected chi connectivity index (χ2v) is 7.25. The third-order valence-electron chi connectivity index (χ3n) is 3.94. The molecule has 6 nitrogen and oxygen atoms in total. The normalized spacial score (nSPS) is 15.1. The van der Waals surface area contributed by atoms with Crippen molar-refractivity contribution < 1.29 is 23.5 Å². The SMILES string of the molecule is CCOC(=O)/C=C/c1ccc(N2CCN(C(=O)OC(C)(C)C)CC2)c(F)c1. The van der Waals surface area contributed by atoms with E-state index in [1.165, 1.54) is 18.2 Å². The first kappa shape index (κ1) is 20.7. The van der Waals surface area contributed by atoms with Crippen molar-refractivity contribution >= 4 is 23.8 Å². The van der Waals surface area contributed by atoms with Gasteiger partial charge in [-0.2, -0.15) is 0 Å². The molecule has 0 saturated carbocycles. The number of carbonyl (C=O) groups is 2. The lowest BCUT2D eigenvalue weighted by Gasteiger charge is -2.36. The molecule has 7 heteroatoms. The molecule has 1 amide bonds. The van der Waals surface area contributed by atoms with Crippen LogP contribution in [0.3, 0.4) is 0 Å². The zero-order chi connectivity index (χ0) is 20.0. The van der Waals surface area contributed by atoms with E-state index in [1.807, 2.05) is 25.7 Å². The Morgan fingerprint density at radius 2 is 1.85 bits per heavy atom. The molecule has 0 N–H and O–H groups in total. The Bertz CT molecular complexity index is 704. The van der Waals surface area contributed by atoms with Gasteiger partial charge in [-0.25, -0.2) is 14.0 Å². The minimum atomic E-state index is -0.534. The van der Waals surface area contributed by atoms with Gasteiger partial charge in [-0.1, -0.05) is 6.07 Å². The summed E-state index contributed by atoms with van der Waals surface area (Å²) in [6, 6.07) is 4.81. The number of benzene rings is 1. The molecule has 1 aliphatic heterocycles. The first-order valence-corrected chi connectivity index (χ1v) is 9.07. The van der Waals surface area contributed by atoms with Crippen LogP contribution in [0.1, 0.15) is 33.3 Å². The molecule has 27 heavy (non-hydrogen) atoms. The second-order valence-electron chi connectivity index (χ2n) is 7.25. The van der Waals surface area contributed by atoms with Gasteiger partial charge in [-0.05, 0) is 51.5 Å². The highest BCUT2D eigenvalue weighted by molar-refractivity contribution is 5.87. The van der Waals surface area contributed by atoms with Crippen LogP contribution in [0, 0.1) is 5.82 Å². The molecule has 1 aromatic carbocycles. The van der Waals surface area contributed by atoms with E-state index < -0.39 is 11.6 Å². The molecular formula is C20H27FN2O4. The minimum absolute atomic E-state index is 0.297. The van der Waals surface area contributed by atoms with Gasteiger partial charge < -0.3 is 19.3 Å². The lowest BCUT2D eigenvalue weighted by atomic mass is 10.1. The third-order valence-corrected chi connectivity index (χ3v) is 3.94. The fourth-order valence-electron chi connectivity index (χ4n) is 2.69. The summed E-state index contributed by atoms with van der Waals surface area (Å²) in [4.78, 5) is 27.0. The number of amides is 1. The van der Waals surface area contributed by atoms with E-state index in [0.29, 0.717) is 44.0 Å². The van der Waals surface area contributed by atoms with Crippen molar-refractivity contribution in [3.63, 3.8) is 0 Å². The van der Waals surface area contributed by atoms with Crippen molar-refractivity contribution in [2.75, 3.05) is 37.7 Å². The van der Waals surface area contributed by atoms with Crippen LogP contribution in [0.4, 0.5) is 14.9 Å². The molecular weight excluding hydrogens is 351 g/mol. The van der Waals surface area contributed by atoms with E-state index in [-0.39, 0.29) is 11.9 Å². The Hall–Kier alpha value is -2.57. The molecule has 0 spiro atoms. The Kier molecular flexibility index (Phi) is 6.82. The molecule has 148 valence electrons. The van der Waals surface area contributed by atoms with Gasteiger partial charge >= 0.3 is 12.1 Å². The van der Waals surface area contributed by atoms with E-state index in [4.69, 9.17) is 9.47 Å². The number of hydrogen-bond acceptors (Lipinski definition) is 5. The van der Waals surface area contributed by atoms with Crippen LogP contribution in [0.2, 0.25) is 0 Å². The number of hydrogen-bond donors (Lipinski definition) is 0. The summed E-state index contributed by atoms with van der Waals surface area (Å²) in [5, 5.41) is 0. The maximum Gasteiger partial charge on any atom is 0.410 e. The van der Waals surface area contributed by atoms with E-state index in [0.717, 1.165) is 0 Å². The maximum absolute atomic E-state index is 14.5. The number of piperazine rings is 1. The molecule has 0 unspecified atom stereocenters. The first-order valence-electron chi connectivity index (χ1n) is 9.07. The van der Waals surface area contributed by atoms with Crippen LogP contribution in [0.15, 0.2) is 24.3 Å². The van der Waals surface area contributed by atoms with Crippen molar-refractivity contribution in [1.29, 1.82) is 0 Å². The first-order chi connectivity index (χ1) is 12.7. The van der Waals surface area contributed by atoms with Gasteiger partial charge in [-0.15, -0.1) is 0 Å². The zero-order valence-electron chi connectivity index (χ0n) is 16.3. The number of carbonyl (C=O) groups excluding carboxylic acids is 2. The topological polar surface area (TPSA) is 59.1 Å². The Morgan fingerprint density at radius 3 is 2.41 bits per heavy atom. The number of rotatable bonds is 4. The zero-order valence-corrected chi connectivity index (χ0v) is 16.3. The number of anilines is 1. The summed E-state index contributed by atoms with van der Waals surface area (Å²) in [6.45, 7) is 9.49. The molecule has 1 saturated heterocycles. The van der Waals surface area contributed by atoms with E-state index >= 15 is 0 Å². The quantitative estimate of drug-likeness (QED) is 0.593. The number of esters is 1. The predicted octanol–water partition coefficient (Wildman–Crippen LogP) is 3.46. The molecule has 1 fully saturated rings. The summed E-state index contributed by atoms with van der Waals surface area (Å²) >= 11 is 0. The number of nitrogens with zero attached hydrogens (tertiary/aromatic N) is 2. The fraction of sp³-hybridized carbons (Fsp3) is 0.500. The van der Waals surface area contributed by atoms with Crippen molar-refractivity contribution in [1.82, 2.24) is 4.90 Å². The predicted molar refractivity (Wildman–Crippen MR) is 102 cm³/mol. The van der Waals surface area contributed by atoms with Crippen molar-refractivity contribution in [2.24, 2.45) is 0 Å². The van der Waals surface area contributed by atoms with Gasteiger partial charge in [0.15, 0.2) is 0 Å². The Morgan fingerprint density at radius 1 is 1.19 bits per heavy atom. The van der Waals surface area contributed by atoms with Gasteiger partial charge in [0.1, 0.15) is 11.4 Å². The highest BCUT2D eigenvalue weighted by Gasteiger charge is 2.26. The van der Waals surface area contributed by atoms with Crippen molar-refractivity contribution in [3.05, 3.63) is 35.7 Å². The molecule has 2 rings (SSSR count). The van der Waals surface area contributed by atoms with Gasteiger partial charge in [-0.3, -0.25) is 0 Å². The molecule has 0 radical (unpaired) electrons. The van der Waals surface area contributed by atoms with Crippen LogP contribution in [-0.4, -0.2) is 55.3 Å². The molecule has 0 aromatic heterocycles. The summed E-state index contributed by atoms with van der Waals surface area (Å²) in [7, 11) is 0. The maximum atomic E-state index is 14.5. The molecule has 0 aliphatic carbocycles. The number of halogens is 1. The van der Waals surface area contributed by atoms with Crippen LogP contribution >= 0.6 is 0 Å². The molecule has 1 heterocycles. The standard InChI is InChI=1S/C20H27FN2O4/c1-5-26-18(24)9-7-15-6-8-17(16(21)14-15)22-10-12-23(13-11-22)19(25)27-20(2,3)4/h6-9,14H,5,10-13H2,1-4H3/b9-7+. The van der Waals surface area contributed by atoms with Crippen LogP contribution < -0.4 is 4.90 Å². The van der Waals surface area contributed by atoms with Crippen molar-refractivity contribution in [2.45, 2.75) is 33.3 Å². The van der Waals surface area contributed by atoms with E-state index in [1.54, 1.807) is 24.0 Å². The summed E-state index contributed by atoms with van der Waals surface area (Å²) < 4.78 is 24.7. The molecule has 0 atom stereocenters. The van der Waals surface area contributed by atoms with Gasteiger partial charge in [0.25, 0.3) is 0 Å². The highest BCUT2D eigenvalue weighted by atomic mass is 19.1. The van der Waals surface area contributed by atoms with E-state index in [2.05, 4.69) is 0 Å². The van der Waals surface area contributed by atoms with Crippen molar-refractivity contribution in [3.8, 4) is 0 Å². The smallest absolute Gasteiger partial charge is 0.410 e.